The Balaban J connectivity index is -0.000000483. The molecule has 0 saturated heterocycles. The van der Waals surface area contributed by atoms with Crippen molar-refractivity contribution in [1.29, 1.82) is 0 Å². The highest BCUT2D eigenvalue weighted by molar-refractivity contribution is 5.38. The van der Waals surface area contributed by atoms with E-state index in [1.165, 1.54) is 103 Å². The van der Waals surface area contributed by atoms with Crippen LogP contribution in [0.15, 0.2) is 12.1 Å². The average Bonchev–Trinajstić information content (AvgIpc) is 3.04. The normalized spacial score (nSPS) is 11.5. The summed E-state index contributed by atoms with van der Waals surface area (Å²) in [5.74, 6) is 0. The van der Waals surface area contributed by atoms with E-state index >= 15 is 0 Å². The molecule has 0 N–H and O–H groups in total. The Kier molecular flexibility index (Phi) is 28.0. The maximum Gasteiger partial charge on any atom is -0.0305 e. The number of benzene rings is 1. The molecular formula is C41H82. The molecule has 0 fully saturated rings. The summed E-state index contributed by atoms with van der Waals surface area (Å²) in [5, 5.41) is 0. The van der Waals surface area contributed by atoms with Crippen LogP contribution in [0, 0.1) is 16.2 Å². The van der Waals surface area contributed by atoms with Crippen LogP contribution in [0.1, 0.15) is 210 Å². The fourth-order valence-electron chi connectivity index (χ4n) is 6.17. The largest absolute Gasteiger partial charge is 0.0654 e. The highest BCUT2D eigenvalue weighted by atomic mass is 14.3. The van der Waals surface area contributed by atoms with Gasteiger partial charge in [0.25, 0.3) is 0 Å². The average molecular weight is 575 g/mol. The van der Waals surface area contributed by atoms with Crippen LogP contribution in [0.5, 0.6) is 0 Å². The van der Waals surface area contributed by atoms with Crippen LogP contribution in [0.4, 0.5) is 0 Å². The number of hydrogen-bond donors (Lipinski definition) is 0. The van der Waals surface area contributed by atoms with Crippen LogP contribution in [-0.4, -0.2) is 0 Å². The summed E-state index contributed by atoms with van der Waals surface area (Å²) in [6, 6.07) is 4.83. The topological polar surface area (TPSA) is 0 Å². The van der Waals surface area contributed by atoms with E-state index in [0.717, 1.165) is 0 Å². The van der Waals surface area contributed by atoms with Crippen LogP contribution >= 0.6 is 0 Å². The van der Waals surface area contributed by atoms with Crippen molar-refractivity contribution >= 4 is 0 Å². The van der Waals surface area contributed by atoms with E-state index in [-0.39, 0.29) is 0 Å². The number of hydrogen-bond acceptors (Lipinski definition) is 0. The summed E-state index contributed by atoms with van der Waals surface area (Å²) in [6.07, 6.45) is 20.8. The Bertz CT molecular complexity index is 605. The Morgan fingerprint density at radius 2 is 0.610 bits per heavy atom. The van der Waals surface area contributed by atoms with Crippen molar-refractivity contribution in [1.82, 2.24) is 0 Å². The predicted molar refractivity (Wildman–Crippen MR) is 195 cm³/mol. The van der Waals surface area contributed by atoms with Gasteiger partial charge >= 0.3 is 0 Å². The molecule has 0 spiro atoms. The molecule has 0 bridgehead atoms. The van der Waals surface area contributed by atoms with Crippen LogP contribution < -0.4 is 0 Å². The van der Waals surface area contributed by atoms with Gasteiger partial charge in [0, 0.05) is 0 Å². The van der Waals surface area contributed by atoms with Crippen molar-refractivity contribution < 1.29 is 0 Å². The van der Waals surface area contributed by atoms with Gasteiger partial charge in [-0.3, -0.25) is 0 Å². The van der Waals surface area contributed by atoms with Gasteiger partial charge in [0.15, 0.2) is 0 Å². The van der Waals surface area contributed by atoms with Gasteiger partial charge in [0.1, 0.15) is 0 Å². The Morgan fingerprint density at radius 1 is 0.366 bits per heavy atom. The Morgan fingerprint density at radius 3 is 0.683 bits per heavy atom. The molecule has 0 amide bonds. The van der Waals surface area contributed by atoms with Crippen LogP contribution in [-0.2, 0) is 25.7 Å². The molecule has 41 heavy (non-hydrogen) atoms. The van der Waals surface area contributed by atoms with Crippen LogP contribution in [0.3, 0.4) is 0 Å². The van der Waals surface area contributed by atoms with E-state index in [9.17, 15) is 0 Å². The molecule has 0 nitrogen and oxygen atoms in total. The lowest BCUT2D eigenvalue weighted by atomic mass is 9.76. The van der Waals surface area contributed by atoms with E-state index < -0.39 is 0 Å². The molecule has 0 atom stereocenters. The molecule has 0 radical (unpaired) electrons. The first-order valence-electron chi connectivity index (χ1n) is 18.6. The monoisotopic (exact) mass is 575 g/mol. The summed E-state index contributed by atoms with van der Waals surface area (Å²) < 4.78 is 0. The van der Waals surface area contributed by atoms with Gasteiger partial charge in [0.05, 0.1) is 0 Å². The fraction of sp³-hybridized carbons (Fsp3) is 0.854. The summed E-state index contributed by atoms with van der Waals surface area (Å²) in [4.78, 5) is 0. The van der Waals surface area contributed by atoms with Gasteiger partial charge in [0.2, 0.25) is 0 Å². The zero-order valence-electron chi connectivity index (χ0n) is 32.0. The second-order valence-corrected chi connectivity index (χ2v) is 12.9. The SMILES string of the molecule is CCC(C)(CC)CC.CCC(CC)(CC)CC.CCCC(CC)(CC)CC.CCc1cc(CC)c(CC)cc1CC. The third-order valence-corrected chi connectivity index (χ3v) is 11.6. The molecule has 0 aliphatic heterocycles. The van der Waals surface area contributed by atoms with Crippen molar-refractivity contribution in [3.8, 4) is 0 Å². The maximum atomic E-state index is 2.41. The van der Waals surface area contributed by atoms with Crippen molar-refractivity contribution in [2.45, 2.75) is 214 Å². The van der Waals surface area contributed by atoms with E-state index in [1.54, 1.807) is 22.3 Å². The lowest BCUT2D eigenvalue weighted by Crippen LogP contribution is -2.16. The van der Waals surface area contributed by atoms with Crippen molar-refractivity contribution in [3.05, 3.63) is 34.4 Å². The van der Waals surface area contributed by atoms with Gasteiger partial charge < -0.3 is 0 Å². The molecule has 0 aromatic heterocycles. The first kappa shape index (κ1) is 44.7. The minimum absolute atomic E-state index is 0.625. The van der Waals surface area contributed by atoms with Gasteiger partial charge in [-0.1, -0.05) is 194 Å². The minimum Gasteiger partial charge on any atom is -0.0654 e. The van der Waals surface area contributed by atoms with E-state index in [2.05, 4.69) is 123 Å². The summed E-state index contributed by atoms with van der Waals surface area (Å²) in [7, 11) is 0. The fourth-order valence-corrected chi connectivity index (χ4v) is 6.17. The molecule has 246 valence electrons. The summed E-state index contributed by atoms with van der Waals surface area (Å²) >= 11 is 0. The van der Waals surface area contributed by atoms with Gasteiger partial charge in [-0.15, -0.1) is 0 Å². The highest BCUT2D eigenvalue weighted by Crippen LogP contribution is 2.35. The van der Waals surface area contributed by atoms with Crippen molar-refractivity contribution in [3.63, 3.8) is 0 Å². The second-order valence-electron chi connectivity index (χ2n) is 12.9. The molecule has 0 aliphatic carbocycles. The molecule has 1 aromatic carbocycles. The van der Waals surface area contributed by atoms with Gasteiger partial charge in [-0.25, -0.2) is 0 Å². The lowest BCUT2D eigenvalue weighted by Gasteiger charge is -2.29. The standard InChI is InChI=1S/C14H22.C10H22.C9H20.C8H18/c1-5-11-9-13(7-3)14(8-4)10-12(11)6-2;1-5-9-10(6-2,7-3)8-4;1-5-9(6-2,7-3)8-4;1-5-8(4,6-2)7-3/h9-10H,5-8H2,1-4H3;5-9H2,1-4H3;5-8H2,1-4H3;5-7H2,1-4H3. The molecule has 0 aliphatic rings. The highest BCUT2D eigenvalue weighted by Gasteiger charge is 2.22. The van der Waals surface area contributed by atoms with Crippen LogP contribution in [0.25, 0.3) is 0 Å². The predicted octanol–water partition coefficient (Wildman–Crippen LogP) is 14.8. The molecule has 0 saturated carbocycles. The zero-order valence-corrected chi connectivity index (χ0v) is 32.0. The first-order chi connectivity index (χ1) is 19.4. The summed E-state index contributed by atoms with van der Waals surface area (Å²) in [6.45, 7) is 36.6. The molecular weight excluding hydrogens is 492 g/mol. The van der Waals surface area contributed by atoms with E-state index in [4.69, 9.17) is 0 Å². The Hall–Kier alpha value is -0.780. The Labute approximate surface area is 263 Å². The summed E-state index contributed by atoms with van der Waals surface area (Å²) in [5.41, 5.74) is 8.14. The maximum absolute atomic E-state index is 2.41. The second kappa shape index (κ2) is 25.7. The molecule has 0 heteroatoms. The number of rotatable bonds is 16. The molecule has 1 aromatic rings. The van der Waals surface area contributed by atoms with Crippen molar-refractivity contribution in [2.75, 3.05) is 0 Å². The van der Waals surface area contributed by atoms with Gasteiger partial charge in [-0.2, -0.15) is 0 Å². The third kappa shape index (κ3) is 16.6. The van der Waals surface area contributed by atoms with Crippen molar-refractivity contribution in [2.24, 2.45) is 16.2 Å². The molecule has 1 rings (SSSR count). The van der Waals surface area contributed by atoms with E-state index in [1.807, 2.05) is 0 Å². The quantitative estimate of drug-likeness (QED) is 0.184. The molecule has 0 unspecified atom stereocenters. The zero-order chi connectivity index (χ0) is 32.5. The van der Waals surface area contributed by atoms with Gasteiger partial charge in [-0.05, 0) is 70.6 Å². The van der Waals surface area contributed by atoms with Crippen LogP contribution in [0.2, 0.25) is 0 Å². The third-order valence-electron chi connectivity index (χ3n) is 11.6. The minimum atomic E-state index is 0.625. The first-order valence-corrected chi connectivity index (χ1v) is 18.6. The number of aryl methyl sites for hydroxylation is 4. The molecule has 0 heterocycles. The lowest BCUT2D eigenvalue weighted by molar-refractivity contribution is 0.226. The smallest absolute Gasteiger partial charge is 0.0305 e. The van der Waals surface area contributed by atoms with E-state index in [0.29, 0.717) is 16.2 Å².